The zero-order valence-corrected chi connectivity index (χ0v) is 18.8. The highest BCUT2D eigenvalue weighted by Crippen LogP contribution is 2.26. The number of hydrogen-bond donors (Lipinski definition) is 0. The highest BCUT2D eigenvalue weighted by atomic mass is 32.2. The van der Waals surface area contributed by atoms with Gasteiger partial charge in [0.1, 0.15) is 23.0 Å². The number of ether oxygens (including phenoxy) is 2. The number of aryl methyl sites for hydroxylation is 2. The van der Waals surface area contributed by atoms with Crippen LogP contribution < -0.4 is 9.47 Å². The van der Waals surface area contributed by atoms with Crippen LogP contribution in [0.4, 0.5) is 0 Å². The minimum Gasteiger partial charge on any atom is -0.497 e. The maximum atomic E-state index is 12.7. The fraction of sp³-hybridized carbons (Fsp3) is 0.304. The number of sulfone groups is 1. The van der Waals surface area contributed by atoms with Crippen molar-refractivity contribution in [3.8, 4) is 23.0 Å². The standard InChI is InChI=1S/C23H25NO6S/c1-15-5-7-17(8-6-15)23-24-21(16(2)30-23)14-31(26,27)13-19(25)11-18-12-20(28-3)9-10-22(18)29-4/h5-10,12H,11,13-14H2,1-4H3. The van der Waals surface area contributed by atoms with Gasteiger partial charge in [-0.1, -0.05) is 17.7 Å². The molecular formula is C23H25NO6S. The number of nitrogens with zero attached hydrogens (tertiary/aromatic N) is 1. The Balaban J connectivity index is 1.72. The van der Waals surface area contributed by atoms with Crippen molar-refractivity contribution < 1.29 is 27.1 Å². The van der Waals surface area contributed by atoms with Crippen LogP contribution in [0.1, 0.15) is 22.6 Å². The van der Waals surface area contributed by atoms with E-state index < -0.39 is 21.4 Å². The van der Waals surface area contributed by atoms with Crippen molar-refractivity contribution in [3.05, 3.63) is 65.0 Å². The topological polar surface area (TPSA) is 95.7 Å². The highest BCUT2D eigenvalue weighted by Gasteiger charge is 2.23. The number of aromatic nitrogens is 1. The van der Waals surface area contributed by atoms with E-state index in [1.54, 1.807) is 25.1 Å². The molecule has 2 aromatic carbocycles. The van der Waals surface area contributed by atoms with Gasteiger partial charge in [0.15, 0.2) is 15.6 Å². The molecule has 0 spiro atoms. The molecule has 0 amide bonds. The summed E-state index contributed by atoms with van der Waals surface area (Å²) in [5.41, 5.74) is 2.74. The van der Waals surface area contributed by atoms with Gasteiger partial charge in [0.2, 0.25) is 5.89 Å². The molecule has 0 aliphatic rings. The Kier molecular flexibility index (Phi) is 6.80. The quantitative estimate of drug-likeness (QED) is 0.497. The van der Waals surface area contributed by atoms with Gasteiger partial charge in [-0.15, -0.1) is 0 Å². The summed E-state index contributed by atoms with van der Waals surface area (Å²) >= 11 is 0. The molecule has 3 rings (SSSR count). The Morgan fingerprint density at radius 2 is 1.74 bits per heavy atom. The summed E-state index contributed by atoms with van der Waals surface area (Å²) in [6.07, 6.45) is -0.0774. The van der Waals surface area contributed by atoms with Gasteiger partial charge >= 0.3 is 0 Å². The first-order chi connectivity index (χ1) is 14.7. The molecule has 0 bridgehead atoms. The van der Waals surface area contributed by atoms with Crippen LogP contribution in [-0.4, -0.2) is 39.2 Å². The van der Waals surface area contributed by atoms with Crippen LogP contribution in [0.2, 0.25) is 0 Å². The third-order valence-electron chi connectivity index (χ3n) is 4.80. The number of ketones is 1. The minimum atomic E-state index is -3.73. The molecule has 0 saturated heterocycles. The maximum Gasteiger partial charge on any atom is 0.226 e. The summed E-state index contributed by atoms with van der Waals surface area (Å²) in [6, 6.07) is 12.6. The van der Waals surface area contributed by atoms with Crippen molar-refractivity contribution in [2.45, 2.75) is 26.0 Å². The zero-order chi connectivity index (χ0) is 22.6. The second-order valence-corrected chi connectivity index (χ2v) is 9.38. The van der Waals surface area contributed by atoms with E-state index in [0.717, 1.165) is 11.1 Å². The van der Waals surface area contributed by atoms with Crippen LogP contribution >= 0.6 is 0 Å². The fourth-order valence-corrected chi connectivity index (χ4v) is 4.55. The molecule has 0 aliphatic heterocycles. The largest absolute Gasteiger partial charge is 0.497 e. The molecule has 0 atom stereocenters. The molecule has 0 saturated carbocycles. The molecule has 8 heteroatoms. The molecule has 0 N–H and O–H groups in total. The smallest absolute Gasteiger partial charge is 0.226 e. The van der Waals surface area contributed by atoms with E-state index in [0.29, 0.717) is 34.4 Å². The third kappa shape index (κ3) is 5.73. The molecule has 3 aromatic rings. The number of rotatable bonds is 9. The second kappa shape index (κ2) is 9.34. The monoisotopic (exact) mass is 443 g/mol. The number of benzene rings is 2. The molecular weight excluding hydrogens is 418 g/mol. The first-order valence-corrected chi connectivity index (χ1v) is 11.5. The Hall–Kier alpha value is -3.13. The summed E-state index contributed by atoms with van der Waals surface area (Å²) in [4.78, 5) is 16.9. The predicted molar refractivity (Wildman–Crippen MR) is 117 cm³/mol. The summed E-state index contributed by atoms with van der Waals surface area (Å²) < 4.78 is 41.4. The SMILES string of the molecule is COc1ccc(OC)c(CC(=O)CS(=O)(=O)Cc2nc(-c3ccc(C)cc3)oc2C)c1. The molecule has 7 nitrogen and oxygen atoms in total. The summed E-state index contributed by atoms with van der Waals surface area (Å²) in [6.45, 7) is 3.64. The molecule has 0 radical (unpaired) electrons. The van der Waals surface area contributed by atoms with E-state index in [2.05, 4.69) is 4.98 Å². The van der Waals surface area contributed by atoms with Crippen LogP contribution in [0.15, 0.2) is 46.9 Å². The molecule has 1 heterocycles. The lowest BCUT2D eigenvalue weighted by Crippen LogP contribution is -2.20. The second-order valence-electron chi connectivity index (χ2n) is 7.31. The van der Waals surface area contributed by atoms with E-state index in [-0.39, 0.29) is 12.2 Å². The average Bonchev–Trinajstić information content (AvgIpc) is 3.07. The average molecular weight is 444 g/mol. The summed E-state index contributed by atoms with van der Waals surface area (Å²) in [5.74, 6) is 0.437. The number of Topliss-reactive ketones (excluding diaryl/α,β-unsaturated/α-hetero) is 1. The zero-order valence-electron chi connectivity index (χ0n) is 18.0. The van der Waals surface area contributed by atoms with Gasteiger partial charge in [-0.2, -0.15) is 0 Å². The van der Waals surface area contributed by atoms with Crippen molar-refractivity contribution in [3.63, 3.8) is 0 Å². The lowest BCUT2D eigenvalue weighted by Gasteiger charge is -2.10. The number of methoxy groups -OCH3 is 2. The fourth-order valence-electron chi connectivity index (χ4n) is 3.17. The van der Waals surface area contributed by atoms with Gasteiger partial charge in [0.25, 0.3) is 0 Å². The lowest BCUT2D eigenvalue weighted by molar-refractivity contribution is -0.116. The Morgan fingerprint density at radius 1 is 1.03 bits per heavy atom. The number of carbonyl (C=O) groups is 1. The highest BCUT2D eigenvalue weighted by molar-refractivity contribution is 7.91. The van der Waals surface area contributed by atoms with Gasteiger partial charge < -0.3 is 13.9 Å². The molecule has 164 valence electrons. The van der Waals surface area contributed by atoms with Crippen molar-refractivity contribution in [1.82, 2.24) is 4.98 Å². The van der Waals surface area contributed by atoms with E-state index in [1.165, 1.54) is 14.2 Å². The van der Waals surface area contributed by atoms with E-state index in [9.17, 15) is 13.2 Å². The Labute approximate surface area is 181 Å². The van der Waals surface area contributed by atoms with E-state index in [4.69, 9.17) is 13.9 Å². The third-order valence-corrected chi connectivity index (χ3v) is 6.28. The van der Waals surface area contributed by atoms with Crippen molar-refractivity contribution in [1.29, 1.82) is 0 Å². The van der Waals surface area contributed by atoms with Crippen LogP contribution in [-0.2, 0) is 26.8 Å². The van der Waals surface area contributed by atoms with Crippen molar-refractivity contribution >= 4 is 15.6 Å². The van der Waals surface area contributed by atoms with Gasteiger partial charge in [-0.05, 0) is 44.2 Å². The summed E-state index contributed by atoms with van der Waals surface area (Å²) in [7, 11) is -0.723. The van der Waals surface area contributed by atoms with E-state index in [1.807, 2.05) is 31.2 Å². The van der Waals surface area contributed by atoms with Crippen LogP contribution in [0, 0.1) is 13.8 Å². The number of hydrogen-bond acceptors (Lipinski definition) is 7. The molecule has 0 aliphatic carbocycles. The molecule has 1 aromatic heterocycles. The molecule has 0 fully saturated rings. The minimum absolute atomic E-state index is 0.0774. The molecule has 0 unspecified atom stereocenters. The molecule has 31 heavy (non-hydrogen) atoms. The summed E-state index contributed by atoms with van der Waals surface area (Å²) in [5, 5.41) is 0. The van der Waals surface area contributed by atoms with Crippen molar-refractivity contribution in [2.75, 3.05) is 20.0 Å². The maximum absolute atomic E-state index is 12.7. The Morgan fingerprint density at radius 3 is 2.39 bits per heavy atom. The first-order valence-electron chi connectivity index (χ1n) is 9.67. The predicted octanol–water partition coefficient (Wildman–Crippen LogP) is 3.70. The first kappa shape index (κ1) is 22.6. The van der Waals surface area contributed by atoms with Crippen LogP contribution in [0.3, 0.4) is 0 Å². The van der Waals surface area contributed by atoms with Crippen molar-refractivity contribution in [2.24, 2.45) is 0 Å². The van der Waals surface area contributed by atoms with Gasteiger partial charge in [0, 0.05) is 17.5 Å². The van der Waals surface area contributed by atoms with Crippen LogP contribution in [0.5, 0.6) is 11.5 Å². The van der Waals surface area contributed by atoms with Gasteiger partial charge in [0.05, 0.1) is 25.7 Å². The van der Waals surface area contributed by atoms with Gasteiger partial charge in [-0.3, -0.25) is 4.79 Å². The van der Waals surface area contributed by atoms with Gasteiger partial charge in [-0.25, -0.2) is 13.4 Å². The number of carbonyl (C=O) groups excluding carboxylic acids is 1. The lowest BCUT2D eigenvalue weighted by atomic mass is 10.1. The number of oxazole rings is 1. The van der Waals surface area contributed by atoms with E-state index >= 15 is 0 Å². The van der Waals surface area contributed by atoms with Crippen LogP contribution in [0.25, 0.3) is 11.5 Å². The normalized spacial score (nSPS) is 11.4. The Bertz CT molecular complexity index is 1180.